The van der Waals surface area contributed by atoms with E-state index >= 15 is 0 Å². The first-order chi connectivity index (χ1) is 4.63. The van der Waals surface area contributed by atoms with Crippen molar-refractivity contribution < 1.29 is 14.3 Å². The summed E-state index contributed by atoms with van der Waals surface area (Å²) in [5.41, 5.74) is 10.5. The Morgan fingerprint density at radius 1 is 1.60 bits per heavy atom. The lowest BCUT2D eigenvalue weighted by Gasteiger charge is -1.88. The quantitative estimate of drug-likeness (QED) is 0.517. The Hall–Kier alpha value is -1.65. The molecule has 1 heterocycles. The molecular formula is C5H6N2O3. The molecule has 10 heavy (non-hydrogen) atoms. The van der Waals surface area contributed by atoms with Crippen molar-refractivity contribution in [1.29, 1.82) is 0 Å². The lowest BCUT2D eigenvalue weighted by Crippen LogP contribution is -1.99. The highest BCUT2D eigenvalue weighted by molar-refractivity contribution is 5.93. The maximum Gasteiger partial charge on any atom is 0.374 e. The van der Waals surface area contributed by atoms with Crippen molar-refractivity contribution in [2.24, 2.45) is 0 Å². The van der Waals surface area contributed by atoms with E-state index in [0.29, 0.717) is 0 Å². The predicted octanol–water partition coefficient (Wildman–Crippen LogP) is 0.142. The molecule has 1 aromatic heterocycles. The zero-order valence-corrected chi connectivity index (χ0v) is 5.00. The molecule has 0 atom stereocenters. The summed E-state index contributed by atoms with van der Waals surface area (Å²) in [4.78, 5) is 10.2. The van der Waals surface area contributed by atoms with E-state index in [1.807, 2.05) is 0 Å². The molecule has 5 heteroatoms. The largest absolute Gasteiger partial charge is 0.475 e. The minimum absolute atomic E-state index is 0.0208. The maximum absolute atomic E-state index is 10.2. The normalized spacial score (nSPS) is 9.60. The van der Waals surface area contributed by atoms with Crippen LogP contribution in [0.25, 0.3) is 0 Å². The summed E-state index contributed by atoms with van der Waals surface area (Å²) < 4.78 is 4.51. The molecule has 0 bridgehead atoms. The van der Waals surface area contributed by atoms with Crippen molar-refractivity contribution in [3.05, 3.63) is 12.0 Å². The number of carboxylic acid groups (broad SMARTS) is 1. The van der Waals surface area contributed by atoms with Crippen LogP contribution in [-0.4, -0.2) is 11.1 Å². The van der Waals surface area contributed by atoms with Gasteiger partial charge in [0, 0.05) is 0 Å². The highest BCUT2D eigenvalue weighted by Crippen LogP contribution is 2.21. The molecule has 0 saturated heterocycles. The molecule has 0 amide bonds. The van der Waals surface area contributed by atoms with Gasteiger partial charge in [0.2, 0.25) is 5.76 Å². The van der Waals surface area contributed by atoms with Gasteiger partial charge in [0.1, 0.15) is 12.0 Å². The Kier molecular flexibility index (Phi) is 1.26. The van der Waals surface area contributed by atoms with E-state index in [1.54, 1.807) is 0 Å². The monoisotopic (exact) mass is 142 g/mol. The molecule has 0 aliphatic rings. The summed E-state index contributed by atoms with van der Waals surface area (Å²) in [6.45, 7) is 0. The van der Waals surface area contributed by atoms with Crippen molar-refractivity contribution in [2.45, 2.75) is 0 Å². The Morgan fingerprint density at radius 2 is 2.20 bits per heavy atom. The van der Waals surface area contributed by atoms with Gasteiger partial charge in [0.05, 0.1) is 5.69 Å². The third kappa shape index (κ3) is 0.771. The van der Waals surface area contributed by atoms with E-state index in [1.165, 1.54) is 0 Å². The van der Waals surface area contributed by atoms with Gasteiger partial charge in [-0.2, -0.15) is 0 Å². The van der Waals surface area contributed by atoms with Gasteiger partial charge >= 0.3 is 5.97 Å². The minimum atomic E-state index is -1.21. The Balaban J connectivity index is 3.17. The third-order valence-corrected chi connectivity index (χ3v) is 1.05. The number of nitrogen functional groups attached to an aromatic ring is 2. The second-order valence-electron chi connectivity index (χ2n) is 1.74. The van der Waals surface area contributed by atoms with Crippen molar-refractivity contribution in [3.8, 4) is 0 Å². The number of hydrogen-bond donors (Lipinski definition) is 3. The zero-order chi connectivity index (χ0) is 7.72. The third-order valence-electron chi connectivity index (χ3n) is 1.05. The maximum atomic E-state index is 10.2. The van der Waals surface area contributed by atoms with Gasteiger partial charge in [-0.05, 0) is 0 Å². The zero-order valence-electron chi connectivity index (χ0n) is 5.00. The van der Waals surface area contributed by atoms with Crippen LogP contribution in [0.4, 0.5) is 11.4 Å². The average Bonchev–Trinajstić information content (AvgIpc) is 2.14. The minimum Gasteiger partial charge on any atom is -0.475 e. The molecule has 0 saturated carbocycles. The molecule has 0 unspecified atom stereocenters. The molecule has 0 fully saturated rings. The van der Waals surface area contributed by atoms with Gasteiger partial charge in [-0.1, -0.05) is 0 Å². The van der Waals surface area contributed by atoms with Crippen LogP contribution in [0.1, 0.15) is 10.6 Å². The van der Waals surface area contributed by atoms with Crippen molar-refractivity contribution in [3.63, 3.8) is 0 Å². The van der Waals surface area contributed by atoms with E-state index in [4.69, 9.17) is 16.6 Å². The van der Waals surface area contributed by atoms with Gasteiger partial charge in [-0.3, -0.25) is 0 Å². The summed E-state index contributed by atoms with van der Waals surface area (Å²) >= 11 is 0. The van der Waals surface area contributed by atoms with Crippen molar-refractivity contribution in [2.75, 3.05) is 11.5 Å². The fourth-order valence-corrected chi connectivity index (χ4v) is 0.546. The fourth-order valence-electron chi connectivity index (χ4n) is 0.546. The Morgan fingerprint density at radius 3 is 2.40 bits per heavy atom. The summed E-state index contributed by atoms with van der Waals surface area (Å²) in [6.07, 6.45) is 1.10. The van der Waals surface area contributed by atoms with Crippen LogP contribution in [0.2, 0.25) is 0 Å². The van der Waals surface area contributed by atoms with E-state index in [-0.39, 0.29) is 17.1 Å². The standard InChI is InChI=1S/C5H6N2O3/c6-2-1-10-4(3(2)7)5(8)9/h1H,6-7H2,(H,8,9). The van der Waals surface area contributed by atoms with Crippen LogP contribution < -0.4 is 11.5 Å². The van der Waals surface area contributed by atoms with E-state index in [9.17, 15) is 4.79 Å². The number of furan rings is 1. The number of carboxylic acids is 1. The topological polar surface area (TPSA) is 102 Å². The van der Waals surface area contributed by atoms with E-state index < -0.39 is 5.97 Å². The average molecular weight is 142 g/mol. The summed E-state index contributed by atoms with van der Waals surface area (Å²) in [6, 6.07) is 0. The molecule has 5 N–H and O–H groups in total. The molecule has 0 aromatic carbocycles. The molecule has 0 radical (unpaired) electrons. The molecule has 0 aliphatic heterocycles. The Labute approximate surface area is 56.2 Å². The number of anilines is 2. The molecule has 1 rings (SSSR count). The van der Waals surface area contributed by atoms with Crippen LogP contribution in [0, 0.1) is 0 Å². The SMILES string of the molecule is Nc1coc(C(=O)O)c1N. The predicted molar refractivity (Wildman–Crippen MR) is 34.5 cm³/mol. The second-order valence-corrected chi connectivity index (χ2v) is 1.74. The van der Waals surface area contributed by atoms with Crippen LogP contribution in [0.15, 0.2) is 10.7 Å². The molecule has 54 valence electrons. The molecule has 0 spiro atoms. The molecule has 0 aliphatic carbocycles. The Bertz CT molecular complexity index is 266. The molecule has 1 aromatic rings. The van der Waals surface area contributed by atoms with Crippen molar-refractivity contribution >= 4 is 17.3 Å². The van der Waals surface area contributed by atoms with Gasteiger partial charge in [0.15, 0.2) is 0 Å². The first-order valence-electron chi connectivity index (χ1n) is 2.48. The lowest BCUT2D eigenvalue weighted by atomic mass is 10.3. The summed E-state index contributed by atoms with van der Waals surface area (Å²) in [7, 11) is 0. The smallest absolute Gasteiger partial charge is 0.374 e. The van der Waals surface area contributed by atoms with Crippen molar-refractivity contribution in [1.82, 2.24) is 0 Å². The van der Waals surface area contributed by atoms with Crippen LogP contribution in [-0.2, 0) is 0 Å². The first-order valence-corrected chi connectivity index (χ1v) is 2.48. The number of rotatable bonds is 1. The van der Waals surface area contributed by atoms with Gasteiger partial charge in [-0.15, -0.1) is 0 Å². The van der Waals surface area contributed by atoms with E-state index in [2.05, 4.69) is 4.42 Å². The van der Waals surface area contributed by atoms with Gasteiger partial charge in [-0.25, -0.2) is 4.79 Å². The summed E-state index contributed by atoms with van der Waals surface area (Å²) in [5, 5.41) is 8.35. The summed E-state index contributed by atoms with van der Waals surface area (Å²) in [5.74, 6) is -1.52. The van der Waals surface area contributed by atoms with Gasteiger partial charge in [0.25, 0.3) is 0 Å². The highest BCUT2D eigenvalue weighted by atomic mass is 16.4. The van der Waals surface area contributed by atoms with Crippen LogP contribution >= 0.6 is 0 Å². The van der Waals surface area contributed by atoms with E-state index in [0.717, 1.165) is 6.26 Å². The van der Waals surface area contributed by atoms with Crippen LogP contribution in [0.3, 0.4) is 0 Å². The lowest BCUT2D eigenvalue weighted by molar-refractivity contribution is 0.0664. The number of carbonyl (C=O) groups is 1. The second kappa shape index (κ2) is 1.94. The van der Waals surface area contributed by atoms with Gasteiger partial charge < -0.3 is 21.0 Å². The highest BCUT2D eigenvalue weighted by Gasteiger charge is 2.14. The molecule has 5 nitrogen and oxygen atoms in total. The number of hydrogen-bond acceptors (Lipinski definition) is 4. The first kappa shape index (κ1) is 6.47. The number of nitrogens with two attached hydrogens (primary N) is 2. The molecular weight excluding hydrogens is 136 g/mol. The number of aromatic carboxylic acids is 1. The fraction of sp³-hybridized carbons (Fsp3) is 0. The van der Waals surface area contributed by atoms with Crippen LogP contribution in [0.5, 0.6) is 0 Å².